The molecule has 0 saturated carbocycles. The number of carbonyl (C=O) groups is 1. The Morgan fingerprint density at radius 3 is 2.59 bits per heavy atom. The number of aromatic nitrogens is 1. The van der Waals surface area contributed by atoms with Crippen molar-refractivity contribution in [2.24, 2.45) is 0 Å². The number of nitrogens with zero attached hydrogens (tertiary/aromatic N) is 1. The van der Waals surface area contributed by atoms with Crippen LogP contribution in [-0.2, 0) is 0 Å². The van der Waals surface area contributed by atoms with E-state index in [0.29, 0.717) is 16.3 Å². The molecule has 0 fully saturated rings. The van der Waals surface area contributed by atoms with Crippen LogP contribution in [0.4, 0.5) is 0 Å². The molecule has 86 valence electrons. The molecule has 1 aromatic heterocycles. The molecule has 0 unspecified atom stereocenters. The van der Waals surface area contributed by atoms with Gasteiger partial charge in [-0.15, -0.1) is 11.8 Å². The Morgan fingerprint density at radius 2 is 1.88 bits per heavy atom. The zero-order chi connectivity index (χ0) is 12.1. The van der Waals surface area contributed by atoms with Crippen molar-refractivity contribution < 1.29 is 4.79 Å². The third-order valence-electron chi connectivity index (χ3n) is 2.19. The van der Waals surface area contributed by atoms with Crippen LogP contribution in [-0.4, -0.2) is 16.5 Å². The maximum Gasteiger partial charge on any atom is 0.174 e. The van der Waals surface area contributed by atoms with Crippen LogP contribution in [0.1, 0.15) is 10.4 Å². The average molecular weight is 264 g/mol. The first-order chi connectivity index (χ1) is 8.27. The maximum absolute atomic E-state index is 11.9. The highest BCUT2D eigenvalue weighted by molar-refractivity contribution is 8.00. The fourth-order valence-corrected chi connectivity index (χ4v) is 2.36. The molecule has 0 aliphatic carbocycles. The molecule has 1 heterocycles. The van der Waals surface area contributed by atoms with Gasteiger partial charge in [0.1, 0.15) is 0 Å². The van der Waals surface area contributed by atoms with Crippen LogP contribution in [0, 0.1) is 0 Å². The highest BCUT2D eigenvalue weighted by Crippen LogP contribution is 2.21. The molecular formula is C13H10ClNOS. The second kappa shape index (κ2) is 5.84. The van der Waals surface area contributed by atoms with Crippen LogP contribution in [0.2, 0.25) is 5.02 Å². The SMILES string of the molecule is O=C(CSc1ccncc1)c1ccccc1Cl. The minimum Gasteiger partial charge on any atom is -0.293 e. The first-order valence-electron chi connectivity index (χ1n) is 5.08. The molecule has 2 aromatic rings. The molecule has 0 saturated heterocycles. The minimum atomic E-state index is 0.0393. The Morgan fingerprint density at radius 1 is 1.18 bits per heavy atom. The van der Waals surface area contributed by atoms with Crippen LogP contribution in [0.15, 0.2) is 53.7 Å². The third kappa shape index (κ3) is 3.32. The molecule has 0 atom stereocenters. The quantitative estimate of drug-likeness (QED) is 0.622. The lowest BCUT2D eigenvalue weighted by Gasteiger charge is -2.03. The first kappa shape index (κ1) is 12.1. The fourth-order valence-electron chi connectivity index (χ4n) is 1.35. The summed E-state index contributed by atoms with van der Waals surface area (Å²) < 4.78 is 0. The van der Waals surface area contributed by atoms with E-state index in [4.69, 9.17) is 11.6 Å². The molecule has 4 heteroatoms. The van der Waals surface area contributed by atoms with Crippen molar-refractivity contribution in [3.05, 3.63) is 59.4 Å². The lowest BCUT2D eigenvalue weighted by Crippen LogP contribution is -2.02. The van der Waals surface area contributed by atoms with Crippen molar-refractivity contribution in [2.45, 2.75) is 4.90 Å². The molecule has 0 aliphatic heterocycles. The largest absolute Gasteiger partial charge is 0.293 e. The topological polar surface area (TPSA) is 30.0 Å². The van der Waals surface area contributed by atoms with Gasteiger partial charge in [-0.3, -0.25) is 9.78 Å². The average Bonchev–Trinajstić information content (AvgIpc) is 2.38. The Labute approximate surface area is 109 Å². The number of Topliss-reactive ketones (excluding diaryl/α,β-unsaturated/α-hetero) is 1. The summed E-state index contributed by atoms with van der Waals surface area (Å²) in [4.78, 5) is 16.9. The number of carbonyl (C=O) groups excluding carboxylic acids is 1. The molecule has 2 nitrogen and oxygen atoms in total. The Hall–Kier alpha value is -1.32. The molecule has 1 aromatic carbocycles. The lowest BCUT2D eigenvalue weighted by molar-refractivity contribution is 0.102. The third-order valence-corrected chi connectivity index (χ3v) is 3.54. The van der Waals surface area contributed by atoms with E-state index in [1.165, 1.54) is 11.8 Å². The fraction of sp³-hybridized carbons (Fsp3) is 0.0769. The number of hydrogen-bond donors (Lipinski definition) is 0. The molecular weight excluding hydrogens is 254 g/mol. The van der Waals surface area contributed by atoms with Gasteiger partial charge in [0.05, 0.1) is 10.8 Å². The summed E-state index contributed by atoms with van der Waals surface area (Å²) in [6.07, 6.45) is 3.42. The number of thioether (sulfide) groups is 1. The van der Waals surface area contributed by atoms with Crippen molar-refractivity contribution in [3.8, 4) is 0 Å². The predicted molar refractivity (Wildman–Crippen MR) is 70.7 cm³/mol. The van der Waals surface area contributed by atoms with Crippen molar-refractivity contribution in [1.29, 1.82) is 0 Å². The van der Waals surface area contributed by atoms with E-state index in [0.717, 1.165) is 4.90 Å². The van der Waals surface area contributed by atoms with Crippen molar-refractivity contribution in [2.75, 3.05) is 5.75 Å². The molecule has 0 bridgehead atoms. The van der Waals surface area contributed by atoms with Crippen molar-refractivity contribution >= 4 is 29.1 Å². The van der Waals surface area contributed by atoms with Gasteiger partial charge in [-0.05, 0) is 24.3 Å². The Balaban J connectivity index is 2.01. The maximum atomic E-state index is 11.9. The minimum absolute atomic E-state index is 0.0393. The summed E-state index contributed by atoms with van der Waals surface area (Å²) in [6, 6.07) is 10.9. The normalized spacial score (nSPS) is 10.2. The highest BCUT2D eigenvalue weighted by Gasteiger charge is 2.09. The van der Waals surface area contributed by atoms with E-state index in [1.54, 1.807) is 24.5 Å². The van der Waals surface area contributed by atoms with Gasteiger partial charge in [-0.2, -0.15) is 0 Å². The summed E-state index contributed by atoms with van der Waals surface area (Å²) in [6.45, 7) is 0. The van der Waals surface area contributed by atoms with Crippen LogP contribution >= 0.6 is 23.4 Å². The lowest BCUT2D eigenvalue weighted by atomic mass is 10.1. The summed E-state index contributed by atoms with van der Waals surface area (Å²) in [5.41, 5.74) is 0.579. The monoisotopic (exact) mass is 263 g/mol. The molecule has 0 radical (unpaired) electrons. The van der Waals surface area contributed by atoms with Crippen LogP contribution in [0.3, 0.4) is 0 Å². The van der Waals surface area contributed by atoms with E-state index >= 15 is 0 Å². The zero-order valence-electron chi connectivity index (χ0n) is 8.97. The number of benzene rings is 1. The number of ketones is 1. The van der Waals surface area contributed by atoms with Gasteiger partial charge in [0.2, 0.25) is 0 Å². The van der Waals surface area contributed by atoms with Gasteiger partial charge in [-0.25, -0.2) is 0 Å². The van der Waals surface area contributed by atoms with Gasteiger partial charge in [0.25, 0.3) is 0 Å². The van der Waals surface area contributed by atoms with E-state index in [-0.39, 0.29) is 5.78 Å². The van der Waals surface area contributed by atoms with Crippen LogP contribution in [0.25, 0.3) is 0 Å². The second-order valence-electron chi connectivity index (χ2n) is 3.37. The predicted octanol–water partition coefficient (Wildman–Crippen LogP) is 3.71. The Kier molecular flexibility index (Phi) is 4.18. The Bertz CT molecular complexity index is 516. The molecule has 0 amide bonds. The smallest absolute Gasteiger partial charge is 0.174 e. The number of halogens is 1. The van der Waals surface area contributed by atoms with E-state index in [1.807, 2.05) is 24.3 Å². The zero-order valence-corrected chi connectivity index (χ0v) is 10.5. The molecule has 2 rings (SSSR count). The molecule has 0 spiro atoms. The first-order valence-corrected chi connectivity index (χ1v) is 6.44. The number of hydrogen-bond acceptors (Lipinski definition) is 3. The highest BCUT2D eigenvalue weighted by atomic mass is 35.5. The molecule has 17 heavy (non-hydrogen) atoms. The molecule has 0 N–H and O–H groups in total. The van der Waals surface area contributed by atoms with Crippen molar-refractivity contribution in [3.63, 3.8) is 0 Å². The summed E-state index contributed by atoms with van der Waals surface area (Å²) >= 11 is 7.44. The van der Waals surface area contributed by atoms with E-state index in [2.05, 4.69) is 4.98 Å². The van der Waals surface area contributed by atoms with Crippen LogP contribution in [0.5, 0.6) is 0 Å². The van der Waals surface area contributed by atoms with Gasteiger partial charge < -0.3 is 0 Å². The molecule has 0 aliphatic rings. The van der Waals surface area contributed by atoms with Crippen LogP contribution < -0.4 is 0 Å². The number of rotatable bonds is 4. The van der Waals surface area contributed by atoms with E-state index < -0.39 is 0 Å². The van der Waals surface area contributed by atoms with Gasteiger partial charge >= 0.3 is 0 Å². The van der Waals surface area contributed by atoms with Gasteiger partial charge in [0, 0.05) is 22.9 Å². The van der Waals surface area contributed by atoms with Gasteiger partial charge in [-0.1, -0.05) is 23.7 Å². The van der Waals surface area contributed by atoms with Gasteiger partial charge in [0.15, 0.2) is 5.78 Å². The van der Waals surface area contributed by atoms with Crippen molar-refractivity contribution in [1.82, 2.24) is 4.98 Å². The standard InChI is InChI=1S/C13H10ClNOS/c14-12-4-2-1-3-11(12)13(16)9-17-10-5-7-15-8-6-10/h1-8H,9H2. The second-order valence-corrected chi connectivity index (χ2v) is 4.83. The number of pyridine rings is 1. The summed E-state index contributed by atoms with van der Waals surface area (Å²) in [5, 5.41) is 0.507. The van der Waals surface area contributed by atoms with E-state index in [9.17, 15) is 4.79 Å². The summed E-state index contributed by atoms with van der Waals surface area (Å²) in [5.74, 6) is 0.422. The summed E-state index contributed by atoms with van der Waals surface area (Å²) in [7, 11) is 0.